The van der Waals surface area contributed by atoms with E-state index in [0.29, 0.717) is 11.0 Å². The van der Waals surface area contributed by atoms with Gasteiger partial charge in [-0.05, 0) is 24.3 Å². The topological polar surface area (TPSA) is 25.8 Å². The molecule has 0 atom stereocenters. The lowest BCUT2D eigenvalue weighted by atomic mass is 10.1. The van der Waals surface area contributed by atoms with E-state index in [1.165, 1.54) is 12.1 Å². The third-order valence-corrected chi connectivity index (χ3v) is 2.39. The van der Waals surface area contributed by atoms with Crippen LogP contribution in [0.1, 0.15) is 12.7 Å². The van der Waals surface area contributed by atoms with Crippen molar-refractivity contribution in [2.24, 2.45) is 0 Å². The summed E-state index contributed by atoms with van der Waals surface area (Å²) >= 11 is 5.88. The van der Waals surface area contributed by atoms with Crippen LogP contribution in [0.2, 0.25) is 5.15 Å². The van der Waals surface area contributed by atoms with Crippen molar-refractivity contribution in [2.75, 3.05) is 0 Å². The van der Waals surface area contributed by atoms with Crippen LogP contribution in [0.15, 0.2) is 30.3 Å². The summed E-state index contributed by atoms with van der Waals surface area (Å²) < 4.78 is 12.8. The average molecular weight is 237 g/mol. The second-order valence-electron chi connectivity index (χ2n) is 3.35. The van der Waals surface area contributed by atoms with Crippen LogP contribution in [0.4, 0.5) is 4.39 Å². The van der Waals surface area contributed by atoms with E-state index in [1.807, 2.05) is 6.92 Å². The Morgan fingerprint density at radius 2 is 1.88 bits per heavy atom. The van der Waals surface area contributed by atoms with Gasteiger partial charge >= 0.3 is 0 Å². The molecule has 0 fully saturated rings. The molecular formula is C12H10ClFN2. The number of hydrogen-bond donors (Lipinski definition) is 0. The highest BCUT2D eigenvalue weighted by Gasteiger charge is 2.04. The van der Waals surface area contributed by atoms with Gasteiger partial charge in [-0.25, -0.2) is 14.4 Å². The van der Waals surface area contributed by atoms with E-state index in [-0.39, 0.29) is 5.82 Å². The first-order chi connectivity index (χ1) is 7.69. The Kier molecular flexibility index (Phi) is 3.15. The Bertz CT molecular complexity index is 497. The Hall–Kier alpha value is -1.48. The van der Waals surface area contributed by atoms with Crippen LogP contribution in [-0.2, 0) is 6.42 Å². The van der Waals surface area contributed by atoms with Gasteiger partial charge in [-0.1, -0.05) is 18.5 Å². The summed E-state index contributed by atoms with van der Waals surface area (Å²) in [5, 5.41) is 0.408. The fourth-order valence-corrected chi connectivity index (χ4v) is 1.59. The second kappa shape index (κ2) is 4.58. The molecule has 4 heteroatoms. The van der Waals surface area contributed by atoms with Crippen molar-refractivity contribution in [2.45, 2.75) is 13.3 Å². The minimum Gasteiger partial charge on any atom is -0.233 e. The number of benzene rings is 1. The highest BCUT2D eigenvalue weighted by molar-refractivity contribution is 6.29. The van der Waals surface area contributed by atoms with Gasteiger partial charge in [0.1, 0.15) is 16.8 Å². The van der Waals surface area contributed by atoms with E-state index in [9.17, 15) is 4.39 Å². The van der Waals surface area contributed by atoms with E-state index >= 15 is 0 Å². The van der Waals surface area contributed by atoms with Gasteiger partial charge in [0.2, 0.25) is 0 Å². The maximum atomic E-state index is 12.8. The number of hydrogen-bond acceptors (Lipinski definition) is 2. The maximum absolute atomic E-state index is 12.8. The fourth-order valence-electron chi connectivity index (χ4n) is 1.39. The Morgan fingerprint density at radius 1 is 1.19 bits per heavy atom. The molecule has 0 aliphatic carbocycles. The standard InChI is InChI=1S/C12H10ClFN2/c1-2-12-15-10(7-11(13)16-12)8-3-5-9(14)6-4-8/h3-7H,2H2,1H3. The van der Waals surface area contributed by atoms with Gasteiger partial charge in [-0.3, -0.25) is 0 Å². The molecule has 0 unspecified atom stereocenters. The van der Waals surface area contributed by atoms with E-state index in [2.05, 4.69) is 9.97 Å². The van der Waals surface area contributed by atoms with E-state index in [0.717, 1.165) is 17.7 Å². The first-order valence-electron chi connectivity index (χ1n) is 4.98. The van der Waals surface area contributed by atoms with Crippen molar-refractivity contribution in [3.8, 4) is 11.3 Å². The lowest BCUT2D eigenvalue weighted by Crippen LogP contribution is -1.95. The van der Waals surface area contributed by atoms with Crippen LogP contribution in [0, 0.1) is 5.82 Å². The Morgan fingerprint density at radius 3 is 2.50 bits per heavy atom. The van der Waals surface area contributed by atoms with Gasteiger partial charge in [-0.2, -0.15) is 0 Å². The zero-order valence-electron chi connectivity index (χ0n) is 8.74. The van der Waals surface area contributed by atoms with Gasteiger partial charge in [0, 0.05) is 18.1 Å². The van der Waals surface area contributed by atoms with Crippen LogP contribution >= 0.6 is 11.6 Å². The van der Waals surface area contributed by atoms with Crippen LogP contribution in [0.3, 0.4) is 0 Å². The third-order valence-electron chi connectivity index (χ3n) is 2.20. The number of aromatic nitrogens is 2. The number of aryl methyl sites for hydroxylation is 1. The molecule has 16 heavy (non-hydrogen) atoms. The maximum Gasteiger partial charge on any atom is 0.133 e. The zero-order valence-corrected chi connectivity index (χ0v) is 9.50. The number of rotatable bonds is 2. The molecule has 0 saturated carbocycles. The van der Waals surface area contributed by atoms with Crippen LogP contribution in [0.25, 0.3) is 11.3 Å². The summed E-state index contributed by atoms with van der Waals surface area (Å²) in [5.41, 5.74) is 1.55. The molecule has 0 aliphatic heterocycles. The smallest absolute Gasteiger partial charge is 0.133 e. The fraction of sp³-hybridized carbons (Fsp3) is 0.167. The van der Waals surface area contributed by atoms with Crippen LogP contribution in [-0.4, -0.2) is 9.97 Å². The van der Waals surface area contributed by atoms with Gasteiger partial charge in [0.15, 0.2) is 0 Å². The molecule has 0 N–H and O–H groups in total. The molecule has 2 aromatic rings. The molecule has 0 spiro atoms. The molecule has 82 valence electrons. The second-order valence-corrected chi connectivity index (χ2v) is 3.74. The first kappa shape index (κ1) is 11.0. The minimum atomic E-state index is -0.264. The molecule has 1 aromatic carbocycles. The quantitative estimate of drug-likeness (QED) is 0.746. The predicted molar refractivity (Wildman–Crippen MR) is 61.8 cm³/mol. The molecule has 0 bridgehead atoms. The third kappa shape index (κ3) is 2.36. The largest absolute Gasteiger partial charge is 0.233 e. The molecule has 2 rings (SSSR count). The molecule has 0 aliphatic rings. The predicted octanol–water partition coefficient (Wildman–Crippen LogP) is 3.50. The normalized spacial score (nSPS) is 10.4. The van der Waals surface area contributed by atoms with Gasteiger partial charge in [0.05, 0.1) is 5.69 Å². The van der Waals surface area contributed by atoms with Crippen LogP contribution in [0.5, 0.6) is 0 Å². The lowest BCUT2D eigenvalue weighted by Gasteiger charge is -2.03. The summed E-state index contributed by atoms with van der Waals surface area (Å²) in [6.45, 7) is 1.96. The van der Waals surface area contributed by atoms with Crippen molar-refractivity contribution in [3.63, 3.8) is 0 Å². The minimum absolute atomic E-state index is 0.264. The molecule has 0 saturated heterocycles. The molecule has 0 radical (unpaired) electrons. The van der Waals surface area contributed by atoms with E-state index < -0.39 is 0 Å². The van der Waals surface area contributed by atoms with Crippen molar-refractivity contribution in [1.82, 2.24) is 9.97 Å². The number of halogens is 2. The highest BCUT2D eigenvalue weighted by Crippen LogP contribution is 2.20. The van der Waals surface area contributed by atoms with Crippen LogP contribution < -0.4 is 0 Å². The van der Waals surface area contributed by atoms with Gasteiger partial charge in [-0.15, -0.1) is 0 Å². The summed E-state index contributed by atoms with van der Waals surface area (Å²) in [5.74, 6) is 0.423. The van der Waals surface area contributed by atoms with Crippen molar-refractivity contribution >= 4 is 11.6 Å². The Balaban J connectivity index is 2.47. The molecule has 0 amide bonds. The van der Waals surface area contributed by atoms with Gasteiger partial charge < -0.3 is 0 Å². The summed E-state index contributed by atoms with van der Waals surface area (Å²) in [4.78, 5) is 8.41. The molecule has 1 aromatic heterocycles. The zero-order chi connectivity index (χ0) is 11.5. The van der Waals surface area contributed by atoms with Crippen molar-refractivity contribution in [1.29, 1.82) is 0 Å². The summed E-state index contributed by atoms with van der Waals surface area (Å²) in [6.07, 6.45) is 0.717. The lowest BCUT2D eigenvalue weighted by molar-refractivity contribution is 0.628. The highest BCUT2D eigenvalue weighted by atomic mass is 35.5. The van der Waals surface area contributed by atoms with Crippen molar-refractivity contribution in [3.05, 3.63) is 47.1 Å². The van der Waals surface area contributed by atoms with Crippen molar-refractivity contribution < 1.29 is 4.39 Å². The monoisotopic (exact) mass is 236 g/mol. The van der Waals surface area contributed by atoms with E-state index in [4.69, 9.17) is 11.6 Å². The SMILES string of the molecule is CCc1nc(Cl)cc(-c2ccc(F)cc2)n1. The summed E-state index contributed by atoms with van der Waals surface area (Å²) in [6, 6.07) is 7.82. The average Bonchev–Trinajstić information content (AvgIpc) is 2.29. The van der Waals surface area contributed by atoms with Gasteiger partial charge in [0.25, 0.3) is 0 Å². The number of nitrogens with zero attached hydrogens (tertiary/aromatic N) is 2. The Labute approximate surface area is 98.1 Å². The molecule has 1 heterocycles. The van der Waals surface area contributed by atoms with E-state index in [1.54, 1.807) is 18.2 Å². The first-order valence-corrected chi connectivity index (χ1v) is 5.36. The molecular weight excluding hydrogens is 227 g/mol. The molecule has 2 nitrogen and oxygen atoms in total. The summed E-state index contributed by atoms with van der Waals surface area (Å²) in [7, 11) is 0.